The summed E-state index contributed by atoms with van der Waals surface area (Å²) in [6.45, 7) is 6.45. The molecule has 2 aromatic rings. The number of carbonyl (C=O) groups is 2. The van der Waals surface area contributed by atoms with Gasteiger partial charge in [-0.2, -0.15) is 5.10 Å². The van der Waals surface area contributed by atoms with Gasteiger partial charge in [0.15, 0.2) is 0 Å². The van der Waals surface area contributed by atoms with Crippen LogP contribution >= 0.6 is 0 Å². The summed E-state index contributed by atoms with van der Waals surface area (Å²) in [6.07, 6.45) is 4.03. The molecule has 0 radical (unpaired) electrons. The summed E-state index contributed by atoms with van der Waals surface area (Å²) in [6, 6.07) is 6.57. The molecule has 0 unspecified atom stereocenters. The van der Waals surface area contributed by atoms with E-state index in [2.05, 4.69) is 10.2 Å². The van der Waals surface area contributed by atoms with E-state index in [1.807, 2.05) is 18.7 Å². The maximum atomic E-state index is 13.8. The standard InChI is InChI=1S/C22H29FN4O2/c1-3-26(4-2)22(29)18-14-24-25-21(18)17-9-7-13-27(15-17)20(28)12-11-16-8-5-6-10-19(16)23/h5-6,8,10,14,17H,3-4,7,9,11-13,15H2,1-2H3,(H,24,25)/t17-/m0/s1. The molecule has 0 aliphatic carbocycles. The minimum atomic E-state index is -0.270. The molecule has 2 amide bonds. The molecule has 2 heterocycles. The first-order chi connectivity index (χ1) is 14.0. The SMILES string of the molecule is CCN(CC)C(=O)c1cn[nH]c1[C@H]1CCCN(C(=O)CCc2ccccc2F)C1. The Bertz CT molecular complexity index is 847. The van der Waals surface area contributed by atoms with E-state index in [1.54, 1.807) is 29.3 Å². The van der Waals surface area contributed by atoms with Gasteiger partial charge >= 0.3 is 0 Å². The van der Waals surface area contributed by atoms with Crippen LogP contribution in [0.5, 0.6) is 0 Å². The Morgan fingerprint density at radius 2 is 2.03 bits per heavy atom. The lowest BCUT2D eigenvalue weighted by atomic mass is 9.92. The van der Waals surface area contributed by atoms with Crippen LogP contribution in [0.2, 0.25) is 0 Å². The molecule has 0 spiro atoms. The van der Waals surface area contributed by atoms with Crippen LogP contribution in [0.4, 0.5) is 4.39 Å². The Morgan fingerprint density at radius 1 is 1.28 bits per heavy atom. The van der Waals surface area contributed by atoms with Crippen LogP contribution in [-0.2, 0) is 11.2 Å². The monoisotopic (exact) mass is 400 g/mol. The number of amides is 2. The quantitative estimate of drug-likeness (QED) is 0.775. The molecule has 29 heavy (non-hydrogen) atoms. The van der Waals surface area contributed by atoms with E-state index >= 15 is 0 Å². The molecule has 1 fully saturated rings. The van der Waals surface area contributed by atoms with Crippen molar-refractivity contribution in [3.8, 4) is 0 Å². The molecule has 6 nitrogen and oxygen atoms in total. The van der Waals surface area contributed by atoms with Crippen LogP contribution < -0.4 is 0 Å². The number of benzene rings is 1. The van der Waals surface area contributed by atoms with Gasteiger partial charge in [0.1, 0.15) is 5.82 Å². The summed E-state index contributed by atoms with van der Waals surface area (Å²) in [5.41, 5.74) is 1.97. The summed E-state index contributed by atoms with van der Waals surface area (Å²) in [7, 11) is 0. The number of rotatable bonds is 7. The predicted molar refractivity (Wildman–Crippen MR) is 109 cm³/mol. The van der Waals surface area contributed by atoms with E-state index in [4.69, 9.17) is 0 Å². The van der Waals surface area contributed by atoms with Crippen molar-refractivity contribution in [1.82, 2.24) is 20.0 Å². The summed E-state index contributed by atoms with van der Waals surface area (Å²) in [5.74, 6) is -0.220. The number of aromatic nitrogens is 2. The van der Waals surface area contributed by atoms with Crippen molar-refractivity contribution in [2.24, 2.45) is 0 Å². The summed E-state index contributed by atoms with van der Waals surface area (Å²) < 4.78 is 13.8. The maximum Gasteiger partial charge on any atom is 0.257 e. The number of nitrogens with zero attached hydrogens (tertiary/aromatic N) is 3. The van der Waals surface area contributed by atoms with Crippen LogP contribution in [0.1, 0.15) is 60.6 Å². The number of halogens is 1. The first kappa shape index (κ1) is 21.0. The molecule has 1 atom stereocenters. The lowest BCUT2D eigenvalue weighted by Gasteiger charge is -2.33. The molecule has 1 N–H and O–H groups in total. The van der Waals surface area contributed by atoms with Crippen molar-refractivity contribution in [2.45, 2.75) is 45.4 Å². The van der Waals surface area contributed by atoms with Crippen LogP contribution in [0.15, 0.2) is 30.5 Å². The number of hydrogen-bond donors (Lipinski definition) is 1. The zero-order chi connectivity index (χ0) is 20.8. The van der Waals surface area contributed by atoms with E-state index in [0.29, 0.717) is 43.7 Å². The number of aromatic amines is 1. The lowest BCUT2D eigenvalue weighted by Crippen LogP contribution is -2.40. The third kappa shape index (κ3) is 4.83. The molecular formula is C22H29FN4O2. The number of nitrogens with one attached hydrogen (secondary N) is 1. The van der Waals surface area contributed by atoms with Crippen molar-refractivity contribution < 1.29 is 14.0 Å². The Labute approximate surface area is 171 Å². The van der Waals surface area contributed by atoms with Gasteiger partial charge in [0.25, 0.3) is 5.91 Å². The van der Waals surface area contributed by atoms with Gasteiger partial charge in [-0.05, 0) is 44.7 Å². The van der Waals surface area contributed by atoms with Crippen molar-refractivity contribution in [1.29, 1.82) is 0 Å². The Kier molecular flexibility index (Phi) is 7.01. The van der Waals surface area contributed by atoms with Crippen LogP contribution in [0.25, 0.3) is 0 Å². The number of piperidine rings is 1. The van der Waals surface area contributed by atoms with Crippen molar-refractivity contribution in [2.75, 3.05) is 26.2 Å². The van der Waals surface area contributed by atoms with Gasteiger partial charge in [-0.3, -0.25) is 14.7 Å². The molecule has 7 heteroatoms. The molecule has 3 rings (SSSR count). The smallest absolute Gasteiger partial charge is 0.257 e. The fourth-order valence-electron chi connectivity index (χ4n) is 4.00. The van der Waals surface area contributed by atoms with Gasteiger partial charge in [-0.1, -0.05) is 18.2 Å². The van der Waals surface area contributed by atoms with E-state index in [0.717, 1.165) is 18.5 Å². The second kappa shape index (κ2) is 9.67. The Balaban J connectivity index is 1.65. The van der Waals surface area contributed by atoms with Gasteiger partial charge < -0.3 is 9.80 Å². The molecule has 0 bridgehead atoms. The van der Waals surface area contributed by atoms with Gasteiger partial charge in [0.05, 0.1) is 17.5 Å². The van der Waals surface area contributed by atoms with Crippen molar-refractivity contribution >= 4 is 11.8 Å². The third-order valence-corrected chi connectivity index (χ3v) is 5.70. The zero-order valence-electron chi connectivity index (χ0n) is 17.2. The number of H-pyrrole nitrogens is 1. The highest BCUT2D eigenvalue weighted by molar-refractivity contribution is 5.95. The largest absolute Gasteiger partial charge is 0.342 e. The number of hydrogen-bond acceptors (Lipinski definition) is 3. The average Bonchev–Trinajstić information content (AvgIpc) is 3.24. The fraction of sp³-hybridized carbons (Fsp3) is 0.500. The molecule has 1 aliphatic rings. The highest BCUT2D eigenvalue weighted by Gasteiger charge is 2.29. The third-order valence-electron chi connectivity index (χ3n) is 5.70. The Morgan fingerprint density at radius 3 is 2.76 bits per heavy atom. The number of likely N-dealkylation sites (tertiary alicyclic amines) is 1. The average molecular weight is 400 g/mol. The van der Waals surface area contributed by atoms with Crippen LogP contribution in [0.3, 0.4) is 0 Å². The first-order valence-electron chi connectivity index (χ1n) is 10.4. The fourth-order valence-corrected chi connectivity index (χ4v) is 4.00. The highest BCUT2D eigenvalue weighted by Crippen LogP contribution is 2.29. The van der Waals surface area contributed by atoms with E-state index < -0.39 is 0 Å². The zero-order valence-corrected chi connectivity index (χ0v) is 17.2. The molecule has 1 aromatic heterocycles. The number of carbonyl (C=O) groups excluding carboxylic acids is 2. The summed E-state index contributed by atoms with van der Waals surface area (Å²) in [5, 5.41) is 7.11. The lowest BCUT2D eigenvalue weighted by molar-refractivity contribution is -0.132. The minimum Gasteiger partial charge on any atom is -0.342 e. The molecule has 156 valence electrons. The second-order valence-corrected chi connectivity index (χ2v) is 7.45. The van der Waals surface area contributed by atoms with Gasteiger partial charge in [-0.15, -0.1) is 0 Å². The van der Waals surface area contributed by atoms with E-state index in [-0.39, 0.29) is 30.0 Å². The molecule has 1 aliphatic heterocycles. The van der Waals surface area contributed by atoms with E-state index in [9.17, 15) is 14.0 Å². The summed E-state index contributed by atoms with van der Waals surface area (Å²) in [4.78, 5) is 29.1. The van der Waals surface area contributed by atoms with Gasteiger partial charge in [0.2, 0.25) is 5.91 Å². The van der Waals surface area contributed by atoms with E-state index in [1.165, 1.54) is 6.07 Å². The van der Waals surface area contributed by atoms with Crippen LogP contribution in [-0.4, -0.2) is 58.0 Å². The molecule has 1 aromatic carbocycles. The maximum absolute atomic E-state index is 13.8. The highest BCUT2D eigenvalue weighted by atomic mass is 19.1. The molecule has 1 saturated heterocycles. The topological polar surface area (TPSA) is 69.3 Å². The summed E-state index contributed by atoms with van der Waals surface area (Å²) >= 11 is 0. The van der Waals surface area contributed by atoms with Gasteiger partial charge in [-0.25, -0.2) is 4.39 Å². The van der Waals surface area contributed by atoms with Crippen LogP contribution in [0, 0.1) is 5.82 Å². The molecule has 0 saturated carbocycles. The number of aryl methyl sites for hydroxylation is 1. The van der Waals surface area contributed by atoms with Gasteiger partial charge in [0, 0.05) is 38.5 Å². The minimum absolute atomic E-state index is 0.0223. The molecular weight excluding hydrogens is 371 g/mol. The second-order valence-electron chi connectivity index (χ2n) is 7.45. The normalized spacial score (nSPS) is 16.7. The Hall–Kier alpha value is -2.70. The van der Waals surface area contributed by atoms with Crippen molar-refractivity contribution in [3.05, 3.63) is 53.1 Å². The predicted octanol–water partition coefficient (Wildman–Crippen LogP) is 3.37. The van der Waals surface area contributed by atoms with Crippen molar-refractivity contribution in [3.63, 3.8) is 0 Å². The first-order valence-corrected chi connectivity index (χ1v) is 10.4.